The van der Waals surface area contributed by atoms with Crippen molar-refractivity contribution in [2.75, 3.05) is 5.32 Å². The van der Waals surface area contributed by atoms with E-state index in [1.165, 1.54) is 32.1 Å². The van der Waals surface area contributed by atoms with Crippen LogP contribution in [0.2, 0.25) is 0 Å². The van der Waals surface area contributed by atoms with Crippen molar-refractivity contribution in [2.24, 2.45) is 5.73 Å². The van der Waals surface area contributed by atoms with Crippen molar-refractivity contribution in [3.05, 3.63) is 29.8 Å². The summed E-state index contributed by atoms with van der Waals surface area (Å²) >= 11 is 1.73. The zero-order chi connectivity index (χ0) is 15.2. The van der Waals surface area contributed by atoms with E-state index in [1.54, 1.807) is 36.0 Å². The Morgan fingerprint density at radius 2 is 1.90 bits per heavy atom. The molecule has 1 aromatic carbocycles. The SMILES string of the molecule is CC(SC1CCCCC1)C(=O)Nc1ccccc1C(N)=O. The number of para-hydroxylation sites is 1. The molecule has 0 aliphatic heterocycles. The van der Waals surface area contributed by atoms with E-state index in [2.05, 4.69) is 5.32 Å². The molecule has 5 heteroatoms. The van der Waals surface area contributed by atoms with E-state index in [9.17, 15) is 9.59 Å². The van der Waals surface area contributed by atoms with Crippen LogP contribution < -0.4 is 11.1 Å². The van der Waals surface area contributed by atoms with Crippen LogP contribution in [0.15, 0.2) is 24.3 Å². The van der Waals surface area contributed by atoms with E-state index in [-0.39, 0.29) is 11.2 Å². The number of nitrogens with two attached hydrogens (primary N) is 1. The first-order chi connectivity index (χ1) is 10.1. The Kier molecular flexibility index (Phi) is 5.67. The standard InChI is InChI=1S/C16H22N2O2S/c1-11(21-12-7-3-2-4-8-12)16(20)18-14-10-6-5-9-13(14)15(17)19/h5-6,9-12H,2-4,7-8H2,1H3,(H2,17,19)(H,18,20). The minimum atomic E-state index is -0.529. The molecule has 0 saturated heterocycles. The first-order valence-electron chi connectivity index (χ1n) is 7.43. The normalized spacial score (nSPS) is 17.2. The maximum absolute atomic E-state index is 12.3. The van der Waals surface area contributed by atoms with Gasteiger partial charge >= 0.3 is 0 Å². The zero-order valence-corrected chi connectivity index (χ0v) is 13.1. The van der Waals surface area contributed by atoms with Crippen molar-refractivity contribution in [2.45, 2.75) is 49.5 Å². The molecule has 114 valence electrons. The van der Waals surface area contributed by atoms with Gasteiger partial charge in [0, 0.05) is 5.25 Å². The number of thioether (sulfide) groups is 1. The maximum Gasteiger partial charge on any atom is 0.250 e. The average Bonchev–Trinajstić information content (AvgIpc) is 2.48. The van der Waals surface area contributed by atoms with E-state index in [4.69, 9.17) is 5.73 Å². The number of nitrogens with one attached hydrogen (secondary N) is 1. The molecular weight excluding hydrogens is 284 g/mol. The van der Waals surface area contributed by atoms with Crippen LogP contribution >= 0.6 is 11.8 Å². The fourth-order valence-electron chi connectivity index (χ4n) is 2.59. The number of benzene rings is 1. The first-order valence-corrected chi connectivity index (χ1v) is 8.37. The highest BCUT2D eigenvalue weighted by Gasteiger charge is 2.22. The summed E-state index contributed by atoms with van der Waals surface area (Å²) in [6.07, 6.45) is 6.22. The summed E-state index contributed by atoms with van der Waals surface area (Å²) in [5, 5.41) is 3.26. The van der Waals surface area contributed by atoms with Crippen molar-refractivity contribution < 1.29 is 9.59 Å². The van der Waals surface area contributed by atoms with Crippen LogP contribution in [0.4, 0.5) is 5.69 Å². The number of hydrogen-bond donors (Lipinski definition) is 2. The molecule has 1 atom stereocenters. The van der Waals surface area contributed by atoms with Gasteiger partial charge in [-0.3, -0.25) is 9.59 Å². The molecule has 1 aliphatic rings. The van der Waals surface area contributed by atoms with Crippen LogP contribution in [0, 0.1) is 0 Å². The molecule has 0 spiro atoms. The molecule has 0 bridgehead atoms. The van der Waals surface area contributed by atoms with Gasteiger partial charge in [0.05, 0.1) is 16.5 Å². The number of carbonyl (C=O) groups is 2. The van der Waals surface area contributed by atoms with Gasteiger partial charge in [0.25, 0.3) is 5.91 Å². The number of carbonyl (C=O) groups excluding carboxylic acids is 2. The van der Waals surface area contributed by atoms with Crippen LogP contribution in [0.1, 0.15) is 49.4 Å². The second-order valence-corrected chi connectivity index (χ2v) is 7.08. The van der Waals surface area contributed by atoms with E-state index in [1.807, 2.05) is 6.92 Å². The van der Waals surface area contributed by atoms with Crippen molar-refractivity contribution >= 4 is 29.3 Å². The fourth-order valence-corrected chi connectivity index (χ4v) is 3.96. The molecule has 0 heterocycles. The number of rotatable bonds is 5. The second-order valence-electron chi connectivity index (χ2n) is 5.44. The third-order valence-corrected chi connectivity index (χ3v) is 5.25. The molecule has 21 heavy (non-hydrogen) atoms. The lowest BCUT2D eigenvalue weighted by Crippen LogP contribution is -2.27. The van der Waals surface area contributed by atoms with Gasteiger partial charge in [-0.05, 0) is 31.9 Å². The Morgan fingerprint density at radius 1 is 1.24 bits per heavy atom. The van der Waals surface area contributed by atoms with Crippen LogP contribution in [0.3, 0.4) is 0 Å². The van der Waals surface area contributed by atoms with Crippen molar-refractivity contribution in [1.82, 2.24) is 0 Å². The third kappa shape index (κ3) is 4.49. The summed E-state index contributed by atoms with van der Waals surface area (Å²) in [6, 6.07) is 6.84. The topological polar surface area (TPSA) is 72.2 Å². The lowest BCUT2D eigenvalue weighted by Gasteiger charge is -2.24. The van der Waals surface area contributed by atoms with Gasteiger partial charge in [0.15, 0.2) is 0 Å². The Morgan fingerprint density at radius 3 is 2.57 bits per heavy atom. The number of anilines is 1. The predicted molar refractivity (Wildman–Crippen MR) is 87.5 cm³/mol. The average molecular weight is 306 g/mol. The summed E-state index contributed by atoms with van der Waals surface area (Å²) in [5.74, 6) is -0.599. The summed E-state index contributed by atoms with van der Waals surface area (Å²) < 4.78 is 0. The highest BCUT2D eigenvalue weighted by atomic mass is 32.2. The molecule has 1 aliphatic carbocycles. The van der Waals surface area contributed by atoms with E-state index < -0.39 is 5.91 Å². The highest BCUT2D eigenvalue weighted by Crippen LogP contribution is 2.31. The van der Waals surface area contributed by atoms with Gasteiger partial charge in [0.1, 0.15) is 0 Å². The summed E-state index contributed by atoms with van der Waals surface area (Å²) in [6.45, 7) is 1.92. The minimum absolute atomic E-state index is 0.0701. The Hall–Kier alpha value is -1.49. The van der Waals surface area contributed by atoms with E-state index in [0.29, 0.717) is 16.5 Å². The molecule has 0 radical (unpaired) electrons. The molecule has 1 saturated carbocycles. The van der Waals surface area contributed by atoms with Gasteiger partial charge in [-0.25, -0.2) is 0 Å². The lowest BCUT2D eigenvalue weighted by molar-refractivity contribution is -0.115. The molecule has 2 amide bonds. The van der Waals surface area contributed by atoms with Crippen LogP contribution in [0.25, 0.3) is 0 Å². The lowest BCUT2D eigenvalue weighted by atomic mass is 10.0. The Balaban J connectivity index is 1.95. The third-order valence-electron chi connectivity index (χ3n) is 3.77. The van der Waals surface area contributed by atoms with E-state index in [0.717, 1.165) is 0 Å². The molecule has 0 aromatic heterocycles. The van der Waals surface area contributed by atoms with Crippen LogP contribution in [0.5, 0.6) is 0 Å². The van der Waals surface area contributed by atoms with Gasteiger partial charge in [-0.15, -0.1) is 11.8 Å². The molecule has 2 rings (SSSR count). The molecular formula is C16H22N2O2S. The number of primary amides is 1. The quantitative estimate of drug-likeness (QED) is 0.877. The largest absolute Gasteiger partial charge is 0.366 e. The highest BCUT2D eigenvalue weighted by molar-refractivity contribution is 8.01. The van der Waals surface area contributed by atoms with Gasteiger partial charge in [0.2, 0.25) is 5.91 Å². The summed E-state index contributed by atoms with van der Waals surface area (Å²) in [7, 11) is 0. The van der Waals surface area contributed by atoms with Gasteiger partial charge in [-0.2, -0.15) is 0 Å². The molecule has 1 fully saturated rings. The molecule has 4 nitrogen and oxygen atoms in total. The monoisotopic (exact) mass is 306 g/mol. The molecule has 1 unspecified atom stereocenters. The van der Waals surface area contributed by atoms with E-state index >= 15 is 0 Å². The van der Waals surface area contributed by atoms with Crippen molar-refractivity contribution in [3.8, 4) is 0 Å². The Bertz CT molecular complexity index is 513. The predicted octanol–water partition coefficient (Wildman–Crippen LogP) is 3.18. The smallest absolute Gasteiger partial charge is 0.250 e. The second kappa shape index (κ2) is 7.50. The molecule has 3 N–H and O–H groups in total. The zero-order valence-electron chi connectivity index (χ0n) is 12.3. The first kappa shape index (κ1) is 15.9. The summed E-state index contributed by atoms with van der Waals surface area (Å²) in [5.41, 5.74) is 6.16. The van der Waals surface area contributed by atoms with Crippen LogP contribution in [-0.2, 0) is 4.79 Å². The van der Waals surface area contributed by atoms with Crippen molar-refractivity contribution in [1.29, 1.82) is 0 Å². The number of hydrogen-bond acceptors (Lipinski definition) is 3. The minimum Gasteiger partial charge on any atom is -0.366 e. The molecule has 1 aromatic rings. The maximum atomic E-state index is 12.3. The van der Waals surface area contributed by atoms with Gasteiger partial charge < -0.3 is 11.1 Å². The van der Waals surface area contributed by atoms with Crippen LogP contribution in [-0.4, -0.2) is 22.3 Å². The Labute approximate surface area is 129 Å². The van der Waals surface area contributed by atoms with Crippen molar-refractivity contribution in [3.63, 3.8) is 0 Å². The fraction of sp³-hybridized carbons (Fsp3) is 0.500. The summed E-state index contributed by atoms with van der Waals surface area (Å²) in [4.78, 5) is 23.6. The van der Waals surface area contributed by atoms with Gasteiger partial charge in [-0.1, -0.05) is 31.4 Å². The number of amides is 2.